The van der Waals surface area contributed by atoms with Crippen LogP contribution >= 0.6 is 0 Å². The second kappa shape index (κ2) is 194. The van der Waals surface area contributed by atoms with Gasteiger partial charge in [-0.3, -0.25) is 0 Å². The largest absolute Gasteiger partial charge is 0.373 e. The van der Waals surface area contributed by atoms with Gasteiger partial charge in [-0.15, -0.1) is 0 Å². The van der Waals surface area contributed by atoms with E-state index in [2.05, 4.69) is 0 Å². The van der Waals surface area contributed by atoms with Crippen molar-refractivity contribution in [1.29, 1.82) is 0 Å². The van der Waals surface area contributed by atoms with Crippen molar-refractivity contribution in [3.8, 4) is 0 Å². The molecule has 0 saturated heterocycles. The average molecular weight is 74.0 g/mol. The van der Waals surface area contributed by atoms with Crippen molar-refractivity contribution in [2.75, 3.05) is 0 Å². The van der Waals surface area contributed by atoms with Crippen LogP contribution in [0.1, 0.15) is 0 Å². The summed E-state index contributed by atoms with van der Waals surface area (Å²) in [6.07, 6.45) is 0.250. The van der Waals surface area contributed by atoms with E-state index in [1.54, 1.807) is 0 Å². The quantitative estimate of drug-likeness (QED) is 0.361. The Morgan fingerprint density at radius 3 is 1.20 bits per heavy atom. The molecule has 0 aromatic rings. The molecule has 5 radical (unpaired) electrons. The minimum atomic E-state index is 0. The molecule has 5 heavy (non-hydrogen) atoms. The summed E-state index contributed by atoms with van der Waals surface area (Å²) in [5, 5.41) is 0. The van der Waals surface area contributed by atoms with Crippen LogP contribution in [-0.4, -0.2) is 6.15 Å². The van der Waals surface area contributed by atoms with Crippen LogP contribution in [-0.2, 0) is 15.1 Å². The van der Waals surface area contributed by atoms with E-state index in [0.717, 1.165) is 0 Å². The maximum absolute atomic E-state index is 8.12. The third-order valence-corrected chi connectivity index (χ3v) is 0. The van der Waals surface area contributed by atoms with Gasteiger partial charge >= 0.3 is 6.15 Å². The van der Waals surface area contributed by atoms with Gasteiger partial charge in [0.2, 0.25) is 0 Å². The Balaban J connectivity index is -0.0000000200. The van der Waals surface area contributed by atoms with Crippen molar-refractivity contribution in [2.45, 2.75) is 0 Å². The Hall–Kier alpha value is -0.700. The molecule has 0 aromatic carbocycles. The van der Waals surface area contributed by atoms with Gasteiger partial charge in [-0.1, -0.05) is 0 Å². The molecule has 0 saturated carbocycles. The first-order valence-electron chi connectivity index (χ1n) is 0.408. The predicted octanol–water partition coefficient (Wildman–Crippen LogP) is -1.18. The summed E-state index contributed by atoms with van der Waals surface area (Å²) in [5.74, 6) is 0. The number of hydrogen-bond acceptors (Lipinski definition) is 2. The van der Waals surface area contributed by atoms with Gasteiger partial charge in [0.15, 0.2) is 0 Å². The van der Waals surface area contributed by atoms with Crippen molar-refractivity contribution >= 4 is 6.15 Å². The van der Waals surface area contributed by atoms with E-state index in [1.807, 2.05) is 0 Å². The normalized spacial score (nSPS) is 1.60. The minimum absolute atomic E-state index is 0. The zero-order valence-electron chi connectivity index (χ0n) is 2.17. The molecule has 0 aliphatic rings. The first kappa shape index (κ1) is 27.7. The summed E-state index contributed by atoms with van der Waals surface area (Å²) in [6.45, 7) is 0. The second-order valence-electron chi connectivity index (χ2n) is 0.0833. The predicted molar refractivity (Wildman–Crippen MR) is 7.83 cm³/mol. The molecule has 4 heteroatoms. The molecular weight excluding hydrogens is 74.0 g/mol. The Kier molecular flexibility index (Phi) is 1070. The molecule has 0 spiro atoms. The number of nitrogens with zero attached hydrogens (tertiary/aromatic N) is 1. The Labute approximate surface area is 28.7 Å². The van der Waals surface area contributed by atoms with Gasteiger partial charge in [-0.2, -0.15) is 9.59 Å². The lowest BCUT2D eigenvalue weighted by molar-refractivity contribution is -0.191. The van der Waals surface area contributed by atoms with Crippen molar-refractivity contribution in [1.82, 2.24) is 6.15 Å². The average Bonchev–Trinajstić information content (AvgIpc) is 0.918. The molecule has 0 heterocycles. The topological polar surface area (TPSA) is 93.1 Å². The van der Waals surface area contributed by atoms with Crippen LogP contribution < -0.4 is 6.15 Å². The van der Waals surface area contributed by atoms with Crippen LogP contribution in [0.15, 0.2) is 0 Å². The highest BCUT2D eigenvalue weighted by molar-refractivity contribution is 5.20. The lowest BCUT2D eigenvalue weighted by atomic mass is 11.8. The van der Waals surface area contributed by atoms with E-state index in [9.17, 15) is 0 Å². The lowest BCUT2D eigenvalue weighted by Gasteiger charge is -0.945. The van der Waals surface area contributed by atoms with Crippen molar-refractivity contribution in [3.05, 3.63) is 0 Å². The zero-order valence-corrected chi connectivity index (χ0v) is 2.17. The smallest absolute Gasteiger partial charge is 0.186 e. The van der Waals surface area contributed by atoms with E-state index in [-0.39, 0.29) is 17.8 Å². The maximum atomic E-state index is 8.12. The van der Waals surface area contributed by atoms with Crippen molar-refractivity contribution in [3.63, 3.8) is 0 Å². The zero-order chi connectivity index (χ0) is 2.71. The van der Waals surface area contributed by atoms with Crippen LogP contribution in [0.4, 0.5) is 0 Å². The molecule has 4 nitrogen and oxygen atoms in total. The number of carbonyl (C=O) groups excluding carboxylic acids is 2. The second-order valence-corrected chi connectivity index (χ2v) is 0.0833. The molecule has 0 N–H and O–H groups in total. The van der Waals surface area contributed by atoms with E-state index in [1.165, 1.54) is 0 Å². The molecule has 0 aliphatic carbocycles. The van der Waals surface area contributed by atoms with Gasteiger partial charge in [0, 0.05) is 11.6 Å². The van der Waals surface area contributed by atoms with E-state index < -0.39 is 0 Å². The van der Waals surface area contributed by atoms with Gasteiger partial charge in [-0.25, -0.2) is 0 Å². The van der Waals surface area contributed by atoms with E-state index >= 15 is 0 Å². The first-order valence-corrected chi connectivity index (χ1v) is 0.408. The van der Waals surface area contributed by atoms with Crippen molar-refractivity contribution < 1.29 is 15.1 Å². The van der Waals surface area contributed by atoms with Gasteiger partial charge in [0.05, 0.1) is 0 Å². The fourth-order valence-corrected chi connectivity index (χ4v) is 0. The molecule has 0 aromatic heterocycles. The molecule has 0 unspecified atom stereocenters. The van der Waals surface area contributed by atoms with Gasteiger partial charge < -0.3 is 0 Å². The minimum Gasteiger partial charge on any atom is -0.186 e. The van der Waals surface area contributed by atoms with Gasteiger partial charge in [-0.05, 0) is 0 Å². The Morgan fingerprint density at radius 1 is 1.20 bits per heavy atom. The van der Waals surface area contributed by atoms with E-state index in [0.29, 0.717) is 0 Å². The summed E-state index contributed by atoms with van der Waals surface area (Å²) in [4.78, 5) is 16.2. The molecule has 0 aliphatic heterocycles. The van der Waals surface area contributed by atoms with Gasteiger partial charge in [0.25, 0.3) is 0 Å². The van der Waals surface area contributed by atoms with Crippen LogP contribution in [0.5, 0.6) is 0 Å². The Bertz CT molecular complexity index is 27.9. The summed E-state index contributed by atoms with van der Waals surface area (Å²) in [7, 11) is 0. The molecule has 27 valence electrons. The third-order valence-electron chi connectivity index (χ3n) is 0. The third kappa shape index (κ3) is 11.4. The molecule has 0 atom stereocenters. The highest BCUT2D eigenvalue weighted by atomic mass is 16.2. The monoisotopic (exact) mass is 74.0 g/mol. The molecule has 0 amide bonds. The highest BCUT2D eigenvalue weighted by Crippen LogP contribution is 0.787. The Morgan fingerprint density at radius 2 is 1.20 bits per heavy atom. The SMILES string of the molecule is O=C=O.[N].[O]. The molecule has 0 bridgehead atoms. The van der Waals surface area contributed by atoms with Crippen LogP contribution in [0.2, 0.25) is 0 Å². The molecule has 0 rings (SSSR count). The summed E-state index contributed by atoms with van der Waals surface area (Å²) < 4.78 is 0. The fraction of sp³-hybridized carbons (Fsp3) is 0. The first-order chi connectivity index (χ1) is 1.41. The summed E-state index contributed by atoms with van der Waals surface area (Å²) >= 11 is 0. The number of hydrogen-bond donors (Lipinski definition) is 0. The van der Waals surface area contributed by atoms with Crippen LogP contribution in [0, 0.1) is 0 Å². The van der Waals surface area contributed by atoms with Crippen LogP contribution in [0.3, 0.4) is 0 Å². The fourth-order valence-electron chi connectivity index (χ4n) is 0. The van der Waals surface area contributed by atoms with Crippen molar-refractivity contribution in [2.24, 2.45) is 0 Å². The van der Waals surface area contributed by atoms with Crippen LogP contribution in [0.25, 0.3) is 0 Å². The highest BCUT2D eigenvalue weighted by Gasteiger charge is 1.13. The summed E-state index contributed by atoms with van der Waals surface area (Å²) in [5.41, 5.74) is 0. The summed E-state index contributed by atoms with van der Waals surface area (Å²) in [6, 6.07) is 0. The standard InChI is InChI=1S/CO2.N.O/c2-1-3;;. The molecule has 0 fully saturated rings. The number of rotatable bonds is 0. The van der Waals surface area contributed by atoms with Gasteiger partial charge in [0.1, 0.15) is 0 Å². The maximum Gasteiger partial charge on any atom is 0.373 e. The molecular formula is CNO3. The lowest BCUT2D eigenvalue weighted by Crippen LogP contribution is -1.22. The van der Waals surface area contributed by atoms with E-state index in [4.69, 9.17) is 9.59 Å².